The Morgan fingerprint density at radius 2 is 0.825 bits per heavy atom. The van der Waals surface area contributed by atoms with Gasteiger partial charge in [0.15, 0.2) is 0 Å². The Bertz CT molecular complexity index is 3940. The summed E-state index contributed by atoms with van der Waals surface area (Å²) in [6.45, 7) is 2.42. The van der Waals surface area contributed by atoms with E-state index in [-0.39, 0.29) is 11.5 Å². The highest BCUT2D eigenvalue weighted by molar-refractivity contribution is 6.24. The zero-order chi connectivity index (χ0) is 41.4. The van der Waals surface area contributed by atoms with Gasteiger partial charge in [0.05, 0.1) is 50.5 Å². The quantitative estimate of drug-likeness (QED) is 0.173. The van der Waals surface area contributed by atoms with E-state index in [1.807, 2.05) is 0 Å². The fourth-order valence-electron chi connectivity index (χ4n) is 11.6. The lowest BCUT2D eigenvalue weighted by Crippen LogP contribution is -2.39. The molecule has 63 heavy (non-hydrogen) atoms. The molecule has 2 atom stereocenters. The third-order valence-electron chi connectivity index (χ3n) is 14.2. The van der Waals surface area contributed by atoms with E-state index >= 15 is 0 Å². The first-order valence-electron chi connectivity index (χ1n) is 22.0. The molecule has 3 aromatic heterocycles. The van der Waals surface area contributed by atoms with Crippen molar-refractivity contribution in [3.05, 3.63) is 224 Å². The summed E-state index contributed by atoms with van der Waals surface area (Å²) in [5, 5.41) is 9.92. The van der Waals surface area contributed by atoms with Gasteiger partial charge in [0.2, 0.25) is 0 Å². The number of rotatable bonds is 4. The Morgan fingerprint density at radius 3 is 1.44 bits per heavy atom. The zero-order valence-electron chi connectivity index (χ0n) is 34.7. The molecule has 0 bridgehead atoms. The van der Waals surface area contributed by atoms with E-state index in [0.717, 1.165) is 17.1 Å². The highest BCUT2D eigenvalue weighted by Crippen LogP contribution is 2.56. The maximum atomic E-state index is 2.67. The summed E-state index contributed by atoms with van der Waals surface area (Å²) in [5.41, 5.74) is 14.3. The number of fused-ring (bicyclic) bond motifs is 15. The molecular weight excluding hydrogens is 765 g/mol. The topological polar surface area (TPSA) is 18.0 Å². The zero-order valence-corrected chi connectivity index (χ0v) is 34.7. The minimum atomic E-state index is -0.251. The minimum Gasteiger partial charge on any atom is -0.331 e. The fraction of sp³-hybridized carbons (Fsp3) is 0.0508. The highest BCUT2D eigenvalue weighted by atomic mass is 15.2. The molecule has 0 radical (unpaired) electrons. The molecular formula is C59H40N4. The van der Waals surface area contributed by atoms with Crippen LogP contribution in [-0.4, -0.2) is 19.7 Å². The van der Waals surface area contributed by atoms with Crippen LogP contribution < -0.4 is 4.90 Å². The smallest absolute Gasteiger partial charge is 0.0789 e. The Morgan fingerprint density at radius 1 is 0.365 bits per heavy atom. The van der Waals surface area contributed by atoms with Crippen LogP contribution in [-0.2, 0) is 5.41 Å². The number of para-hydroxylation sites is 5. The molecule has 0 N–H and O–H groups in total. The summed E-state index contributed by atoms with van der Waals surface area (Å²) in [5.74, 6) is 0. The van der Waals surface area contributed by atoms with Gasteiger partial charge >= 0.3 is 0 Å². The third kappa shape index (κ3) is 4.54. The van der Waals surface area contributed by atoms with Crippen molar-refractivity contribution < 1.29 is 0 Å². The van der Waals surface area contributed by atoms with Crippen LogP contribution in [0.25, 0.3) is 93.3 Å². The SMILES string of the molecule is CC12C=CC=CC1N(c1cccc3c(-n4c5ccccc5c5ccc6c7ccccc7n(-c7ccccc7)c6c54)cccc13)c1c2ccc2c3ccccc3n(-c3ccccc3)c12. The summed E-state index contributed by atoms with van der Waals surface area (Å²) >= 11 is 0. The van der Waals surface area contributed by atoms with Crippen LogP contribution >= 0.6 is 0 Å². The Kier molecular flexibility index (Phi) is 6.99. The van der Waals surface area contributed by atoms with Crippen molar-refractivity contribution in [2.75, 3.05) is 4.90 Å². The number of hydrogen-bond donors (Lipinski definition) is 0. The summed E-state index contributed by atoms with van der Waals surface area (Å²) in [6, 6.07) is 71.8. The van der Waals surface area contributed by atoms with E-state index in [1.54, 1.807) is 0 Å². The van der Waals surface area contributed by atoms with Crippen LogP contribution in [0.4, 0.5) is 11.4 Å². The fourth-order valence-corrected chi connectivity index (χ4v) is 11.6. The van der Waals surface area contributed by atoms with Gasteiger partial charge < -0.3 is 18.6 Å². The van der Waals surface area contributed by atoms with Crippen molar-refractivity contribution in [2.45, 2.75) is 18.4 Å². The van der Waals surface area contributed by atoms with Gasteiger partial charge in [-0.1, -0.05) is 164 Å². The standard InChI is InChI=1S/C59H40N4/c1-59-37-15-14-32-54(59)63(58-48(59)36-35-47-43-23-9-12-28-50(43)61(57(47)58)39-20-6-3-7-21-39)53-31-17-25-40-41(53)26-16-30-52(40)62-51-29-13-10-24-44(51)46-34-33-45-42-22-8-11-27-49(42)60(55(45)56(46)62)38-18-4-2-5-19-38/h2-37,54H,1H3. The average molecular weight is 805 g/mol. The number of allylic oxidation sites excluding steroid dienone is 2. The summed E-state index contributed by atoms with van der Waals surface area (Å²) in [4.78, 5) is 2.67. The van der Waals surface area contributed by atoms with Gasteiger partial charge in [0, 0.05) is 65.6 Å². The van der Waals surface area contributed by atoms with E-state index in [4.69, 9.17) is 0 Å². The lowest BCUT2D eigenvalue weighted by molar-refractivity contribution is 0.551. The van der Waals surface area contributed by atoms with Crippen molar-refractivity contribution in [1.29, 1.82) is 0 Å². The molecule has 4 nitrogen and oxygen atoms in total. The largest absolute Gasteiger partial charge is 0.331 e. The van der Waals surface area contributed by atoms with Gasteiger partial charge in [-0.05, 0) is 67.1 Å². The van der Waals surface area contributed by atoms with Crippen LogP contribution in [0.3, 0.4) is 0 Å². The van der Waals surface area contributed by atoms with Crippen LogP contribution in [0.15, 0.2) is 218 Å². The minimum absolute atomic E-state index is 0.0639. The van der Waals surface area contributed by atoms with Crippen molar-refractivity contribution in [3.63, 3.8) is 0 Å². The maximum absolute atomic E-state index is 2.67. The Hall–Kier alpha value is -8.08. The highest BCUT2D eigenvalue weighted by Gasteiger charge is 2.48. The summed E-state index contributed by atoms with van der Waals surface area (Å²) < 4.78 is 7.52. The molecule has 2 aliphatic rings. The molecule has 0 saturated heterocycles. The predicted molar refractivity (Wildman–Crippen MR) is 265 cm³/mol. The van der Waals surface area contributed by atoms with Crippen molar-refractivity contribution >= 4 is 87.6 Å². The average Bonchev–Trinajstić information content (AvgIpc) is 4.05. The molecule has 0 amide bonds. The lowest BCUT2D eigenvalue weighted by Gasteiger charge is -2.35. The van der Waals surface area contributed by atoms with E-state index in [0.29, 0.717) is 0 Å². The Labute approximate surface area is 364 Å². The molecule has 0 fully saturated rings. The lowest BCUT2D eigenvalue weighted by atomic mass is 9.76. The van der Waals surface area contributed by atoms with Crippen LogP contribution in [0.1, 0.15) is 12.5 Å². The molecule has 12 aromatic rings. The molecule has 9 aromatic carbocycles. The molecule has 2 unspecified atom stereocenters. The van der Waals surface area contributed by atoms with Gasteiger partial charge in [0.1, 0.15) is 0 Å². The third-order valence-corrected chi connectivity index (χ3v) is 14.2. The second kappa shape index (κ2) is 12.7. The second-order valence-electron chi connectivity index (χ2n) is 17.4. The van der Waals surface area contributed by atoms with Gasteiger partial charge in [-0.15, -0.1) is 0 Å². The predicted octanol–water partition coefficient (Wildman–Crippen LogP) is 15.0. The van der Waals surface area contributed by atoms with E-state index in [1.165, 1.54) is 93.1 Å². The number of hydrogen-bond acceptors (Lipinski definition) is 1. The molecule has 0 saturated carbocycles. The first kappa shape index (κ1) is 34.6. The summed E-state index contributed by atoms with van der Waals surface area (Å²) in [6.07, 6.45) is 9.31. The number of aromatic nitrogens is 3. The van der Waals surface area contributed by atoms with Crippen molar-refractivity contribution in [3.8, 4) is 17.1 Å². The molecule has 1 aliphatic heterocycles. The Balaban J connectivity index is 1.10. The first-order chi connectivity index (χ1) is 31.2. The van der Waals surface area contributed by atoms with Gasteiger partial charge in [-0.3, -0.25) is 0 Å². The number of benzene rings is 9. The second-order valence-corrected chi connectivity index (χ2v) is 17.4. The molecule has 1 aliphatic carbocycles. The van der Waals surface area contributed by atoms with E-state index in [9.17, 15) is 0 Å². The van der Waals surface area contributed by atoms with Crippen molar-refractivity contribution in [2.24, 2.45) is 0 Å². The molecule has 4 heteroatoms. The van der Waals surface area contributed by atoms with Gasteiger partial charge in [-0.25, -0.2) is 0 Å². The van der Waals surface area contributed by atoms with Crippen molar-refractivity contribution in [1.82, 2.24) is 13.7 Å². The van der Waals surface area contributed by atoms with Gasteiger partial charge in [-0.2, -0.15) is 0 Å². The van der Waals surface area contributed by atoms with E-state index in [2.05, 4.69) is 244 Å². The molecule has 14 rings (SSSR count). The summed E-state index contributed by atoms with van der Waals surface area (Å²) in [7, 11) is 0. The van der Waals surface area contributed by atoms with Crippen LogP contribution in [0.5, 0.6) is 0 Å². The van der Waals surface area contributed by atoms with E-state index < -0.39 is 0 Å². The van der Waals surface area contributed by atoms with Crippen LogP contribution in [0, 0.1) is 0 Å². The van der Waals surface area contributed by atoms with Gasteiger partial charge in [0.25, 0.3) is 0 Å². The monoisotopic (exact) mass is 804 g/mol. The van der Waals surface area contributed by atoms with Crippen LogP contribution in [0.2, 0.25) is 0 Å². The molecule has 296 valence electrons. The maximum Gasteiger partial charge on any atom is 0.0789 e. The normalized spacial score (nSPS) is 17.0. The molecule has 4 heterocycles. The number of anilines is 2. The number of nitrogens with zero attached hydrogens (tertiary/aromatic N) is 4. The molecule has 0 spiro atoms. The first-order valence-corrected chi connectivity index (χ1v) is 22.0.